The molecule has 2 atom stereocenters. The van der Waals surface area contributed by atoms with Gasteiger partial charge in [-0.2, -0.15) is 0 Å². The maximum Gasteiger partial charge on any atom is 0.586 e. The first-order valence-corrected chi connectivity index (χ1v) is 6.60. The highest BCUT2D eigenvalue weighted by Gasteiger charge is 2.43. The summed E-state index contributed by atoms with van der Waals surface area (Å²) in [6.45, 7) is 3.10. The molecule has 2 saturated heterocycles. The molecule has 0 radical (unpaired) electrons. The topological polar surface area (TPSA) is 43.0 Å². The third-order valence-corrected chi connectivity index (χ3v) is 3.73. The Balaban J connectivity index is 1.58. The molecule has 2 fully saturated rings. The molecular formula is C13H14F2N2O3. The predicted octanol–water partition coefficient (Wildman–Crippen LogP) is 1.19. The second-order valence-electron chi connectivity index (χ2n) is 5.24. The Morgan fingerprint density at radius 2 is 1.80 bits per heavy atom. The van der Waals surface area contributed by atoms with E-state index >= 15 is 0 Å². The first kappa shape index (κ1) is 12.2. The largest absolute Gasteiger partial charge is 0.586 e. The number of hydrogen-bond acceptors (Lipinski definition) is 5. The lowest BCUT2D eigenvalue weighted by Crippen LogP contribution is -2.58. The van der Waals surface area contributed by atoms with Gasteiger partial charge in [0.05, 0.1) is 12.2 Å². The lowest BCUT2D eigenvalue weighted by atomic mass is 10.1. The average Bonchev–Trinajstić information content (AvgIpc) is 2.70. The Hall–Kier alpha value is -1.60. The number of ether oxygens (including phenoxy) is 3. The van der Waals surface area contributed by atoms with Crippen LogP contribution in [0, 0.1) is 0 Å². The van der Waals surface area contributed by atoms with E-state index in [4.69, 9.17) is 4.74 Å². The standard InChI is InChI=1S/C13H14F2N2O3/c14-13(15)19-11-2-1-8(3-12(11)20-13)17-6-9-4-16-5-10(7-17)18-9/h1-3,9-10,16H,4-7H2. The Bertz CT molecular complexity index is 528. The predicted molar refractivity (Wildman–Crippen MR) is 66.4 cm³/mol. The van der Waals surface area contributed by atoms with Crippen LogP contribution >= 0.6 is 0 Å². The zero-order chi connectivity index (χ0) is 13.7. The van der Waals surface area contributed by atoms with Crippen LogP contribution in [-0.2, 0) is 4.74 Å². The van der Waals surface area contributed by atoms with Crippen LogP contribution in [0.1, 0.15) is 0 Å². The highest BCUT2D eigenvalue weighted by Crippen LogP contribution is 2.43. The van der Waals surface area contributed by atoms with Crippen molar-refractivity contribution >= 4 is 5.69 Å². The molecule has 20 heavy (non-hydrogen) atoms. The number of nitrogens with one attached hydrogen (secondary N) is 1. The van der Waals surface area contributed by atoms with E-state index in [0.29, 0.717) is 0 Å². The van der Waals surface area contributed by atoms with Crippen molar-refractivity contribution in [1.29, 1.82) is 0 Å². The molecule has 4 rings (SSSR count). The van der Waals surface area contributed by atoms with Crippen LogP contribution < -0.4 is 19.7 Å². The van der Waals surface area contributed by atoms with Crippen LogP contribution in [0.2, 0.25) is 0 Å². The number of benzene rings is 1. The van der Waals surface area contributed by atoms with Gasteiger partial charge in [-0.15, -0.1) is 8.78 Å². The molecule has 3 aliphatic heterocycles. The molecule has 3 aliphatic rings. The van der Waals surface area contributed by atoms with Crippen LogP contribution in [0.4, 0.5) is 14.5 Å². The number of rotatable bonds is 1. The Morgan fingerprint density at radius 1 is 1.10 bits per heavy atom. The lowest BCUT2D eigenvalue weighted by molar-refractivity contribution is -0.286. The molecule has 108 valence electrons. The van der Waals surface area contributed by atoms with Gasteiger partial charge in [0.1, 0.15) is 0 Å². The molecule has 2 bridgehead atoms. The van der Waals surface area contributed by atoms with Gasteiger partial charge in [0.25, 0.3) is 0 Å². The van der Waals surface area contributed by atoms with Gasteiger partial charge >= 0.3 is 6.29 Å². The summed E-state index contributed by atoms with van der Waals surface area (Å²) in [6.07, 6.45) is -3.30. The summed E-state index contributed by atoms with van der Waals surface area (Å²) in [5, 5.41) is 3.32. The van der Waals surface area contributed by atoms with E-state index in [2.05, 4.69) is 19.7 Å². The number of hydrogen-bond donors (Lipinski definition) is 1. The van der Waals surface area contributed by atoms with Crippen molar-refractivity contribution in [3.63, 3.8) is 0 Å². The van der Waals surface area contributed by atoms with Gasteiger partial charge in [0, 0.05) is 37.9 Å². The zero-order valence-electron chi connectivity index (χ0n) is 10.6. The third kappa shape index (κ3) is 2.06. The molecule has 0 amide bonds. The Kier molecular flexibility index (Phi) is 2.55. The van der Waals surface area contributed by atoms with Gasteiger partial charge in [-0.3, -0.25) is 0 Å². The first-order valence-electron chi connectivity index (χ1n) is 6.60. The summed E-state index contributed by atoms with van der Waals surface area (Å²) in [6, 6.07) is 4.90. The van der Waals surface area contributed by atoms with Crippen LogP contribution in [0.15, 0.2) is 18.2 Å². The van der Waals surface area contributed by atoms with Gasteiger partial charge in [-0.05, 0) is 12.1 Å². The molecule has 0 spiro atoms. The summed E-state index contributed by atoms with van der Waals surface area (Å²) < 4.78 is 40.7. The molecule has 2 unspecified atom stereocenters. The van der Waals surface area contributed by atoms with Crippen molar-refractivity contribution in [2.24, 2.45) is 0 Å². The Morgan fingerprint density at radius 3 is 2.55 bits per heavy atom. The van der Waals surface area contributed by atoms with Crippen molar-refractivity contribution in [2.45, 2.75) is 18.5 Å². The molecule has 0 aliphatic carbocycles. The maximum atomic E-state index is 13.0. The summed E-state index contributed by atoms with van der Waals surface area (Å²) in [7, 11) is 0. The van der Waals surface area contributed by atoms with E-state index in [0.717, 1.165) is 31.9 Å². The quantitative estimate of drug-likeness (QED) is 0.839. The molecule has 3 heterocycles. The SMILES string of the molecule is FC1(F)Oc2ccc(N3CC4CNCC(C3)O4)cc2O1. The molecule has 7 heteroatoms. The van der Waals surface area contributed by atoms with E-state index in [9.17, 15) is 8.78 Å². The van der Waals surface area contributed by atoms with Crippen LogP contribution in [0.5, 0.6) is 11.5 Å². The fourth-order valence-corrected chi connectivity index (χ4v) is 2.90. The van der Waals surface area contributed by atoms with Crippen molar-refractivity contribution in [3.05, 3.63) is 18.2 Å². The molecule has 1 N–H and O–H groups in total. The van der Waals surface area contributed by atoms with Gasteiger partial charge in [-0.25, -0.2) is 0 Å². The molecule has 1 aromatic rings. The van der Waals surface area contributed by atoms with Crippen LogP contribution in [0.3, 0.4) is 0 Å². The fourth-order valence-electron chi connectivity index (χ4n) is 2.90. The smallest absolute Gasteiger partial charge is 0.395 e. The second-order valence-corrected chi connectivity index (χ2v) is 5.24. The van der Waals surface area contributed by atoms with E-state index in [1.807, 2.05) is 0 Å². The minimum absolute atomic E-state index is 0.0777. The van der Waals surface area contributed by atoms with Crippen molar-refractivity contribution in [1.82, 2.24) is 5.32 Å². The number of anilines is 1. The zero-order valence-corrected chi connectivity index (χ0v) is 10.6. The van der Waals surface area contributed by atoms with Gasteiger partial charge in [0.15, 0.2) is 11.5 Å². The monoisotopic (exact) mass is 284 g/mol. The highest BCUT2D eigenvalue weighted by atomic mass is 19.3. The normalized spacial score (nSPS) is 30.4. The summed E-state index contributed by atoms with van der Waals surface area (Å²) in [4.78, 5) is 2.14. The van der Waals surface area contributed by atoms with Crippen molar-refractivity contribution in [2.75, 3.05) is 31.1 Å². The molecule has 1 aromatic carbocycles. The fraction of sp³-hybridized carbons (Fsp3) is 0.538. The summed E-state index contributed by atoms with van der Waals surface area (Å²) in [5.41, 5.74) is 0.852. The summed E-state index contributed by atoms with van der Waals surface area (Å²) in [5.74, 6) is 0.163. The number of halogens is 2. The van der Waals surface area contributed by atoms with Crippen LogP contribution in [0.25, 0.3) is 0 Å². The van der Waals surface area contributed by atoms with Gasteiger partial charge in [-0.1, -0.05) is 0 Å². The average molecular weight is 284 g/mol. The minimum Gasteiger partial charge on any atom is -0.395 e. The number of alkyl halides is 2. The first-order chi connectivity index (χ1) is 9.59. The number of morpholine rings is 2. The maximum absolute atomic E-state index is 13.0. The molecular weight excluding hydrogens is 270 g/mol. The van der Waals surface area contributed by atoms with E-state index < -0.39 is 6.29 Å². The lowest BCUT2D eigenvalue weighted by Gasteiger charge is -2.42. The van der Waals surface area contributed by atoms with E-state index in [1.54, 1.807) is 12.1 Å². The second kappa shape index (κ2) is 4.20. The molecule has 0 saturated carbocycles. The highest BCUT2D eigenvalue weighted by molar-refractivity contribution is 5.58. The minimum atomic E-state index is -3.56. The summed E-state index contributed by atoms with van der Waals surface area (Å²) >= 11 is 0. The number of fused-ring (bicyclic) bond motifs is 3. The van der Waals surface area contributed by atoms with Crippen molar-refractivity contribution < 1.29 is 23.0 Å². The van der Waals surface area contributed by atoms with Crippen molar-refractivity contribution in [3.8, 4) is 11.5 Å². The van der Waals surface area contributed by atoms with E-state index in [-0.39, 0.29) is 23.7 Å². The number of nitrogens with zero attached hydrogens (tertiary/aromatic N) is 1. The molecule has 5 nitrogen and oxygen atoms in total. The van der Waals surface area contributed by atoms with E-state index in [1.165, 1.54) is 6.07 Å². The Labute approximate surface area is 114 Å². The van der Waals surface area contributed by atoms with Gasteiger partial charge < -0.3 is 24.4 Å². The third-order valence-electron chi connectivity index (χ3n) is 3.73. The molecule has 0 aromatic heterocycles. The van der Waals surface area contributed by atoms with Crippen LogP contribution in [-0.4, -0.2) is 44.7 Å². The van der Waals surface area contributed by atoms with Gasteiger partial charge in [0.2, 0.25) is 0 Å².